The van der Waals surface area contributed by atoms with Crippen LogP contribution in [0.2, 0.25) is 0 Å². The molecule has 0 aliphatic carbocycles. The molecule has 114 valence electrons. The number of amides is 1. The van der Waals surface area contributed by atoms with Gasteiger partial charge in [0.1, 0.15) is 6.04 Å². The van der Waals surface area contributed by atoms with Crippen LogP contribution < -0.4 is 0 Å². The van der Waals surface area contributed by atoms with Crippen LogP contribution in [0.4, 0.5) is 0 Å². The molecule has 2 aromatic rings. The summed E-state index contributed by atoms with van der Waals surface area (Å²) in [4.78, 5) is 29.3. The number of aromatic nitrogens is 1. The first-order valence-electron chi connectivity index (χ1n) is 7.52. The number of benzene rings is 1. The maximum atomic E-state index is 12.3. The van der Waals surface area contributed by atoms with E-state index in [1.54, 1.807) is 6.20 Å². The van der Waals surface area contributed by atoms with Gasteiger partial charge in [-0.3, -0.25) is 9.78 Å². The summed E-state index contributed by atoms with van der Waals surface area (Å²) >= 11 is 0. The molecule has 1 fully saturated rings. The van der Waals surface area contributed by atoms with Gasteiger partial charge >= 0.3 is 5.97 Å². The number of carbonyl (C=O) groups is 2. The van der Waals surface area contributed by atoms with E-state index in [0.29, 0.717) is 25.8 Å². The molecular weight excluding hydrogens is 280 g/mol. The molecule has 0 bridgehead atoms. The minimum atomic E-state index is -0.903. The highest BCUT2D eigenvalue weighted by Gasteiger charge is 2.33. The van der Waals surface area contributed by atoms with Crippen LogP contribution >= 0.6 is 0 Å². The molecule has 5 heteroatoms. The van der Waals surface area contributed by atoms with Crippen molar-refractivity contribution >= 4 is 22.8 Å². The molecule has 3 rings (SSSR count). The zero-order chi connectivity index (χ0) is 15.5. The molecule has 1 amide bonds. The monoisotopic (exact) mass is 298 g/mol. The van der Waals surface area contributed by atoms with Crippen molar-refractivity contribution in [1.82, 2.24) is 9.88 Å². The van der Waals surface area contributed by atoms with Crippen LogP contribution in [0, 0.1) is 0 Å². The van der Waals surface area contributed by atoms with Gasteiger partial charge in [0.25, 0.3) is 0 Å². The number of para-hydroxylation sites is 1. The average molecular weight is 298 g/mol. The topological polar surface area (TPSA) is 70.5 Å². The second-order valence-corrected chi connectivity index (χ2v) is 5.57. The number of carboxylic acids is 1. The molecule has 0 saturated carbocycles. The smallest absolute Gasteiger partial charge is 0.326 e. The Kier molecular flexibility index (Phi) is 4.04. The number of aliphatic carboxylic acids is 1. The number of rotatable bonds is 4. The molecule has 1 saturated heterocycles. The number of carbonyl (C=O) groups excluding carboxylic acids is 1. The van der Waals surface area contributed by atoms with Crippen LogP contribution in [0.5, 0.6) is 0 Å². The second kappa shape index (κ2) is 6.13. The van der Waals surface area contributed by atoms with Gasteiger partial charge < -0.3 is 10.0 Å². The number of hydrogen-bond donors (Lipinski definition) is 1. The van der Waals surface area contributed by atoms with Crippen LogP contribution in [0.15, 0.2) is 36.5 Å². The van der Waals surface area contributed by atoms with Gasteiger partial charge in [-0.1, -0.05) is 18.2 Å². The maximum Gasteiger partial charge on any atom is 0.326 e. The predicted octanol–water partition coefficient (Wildman–Crippen LogP) is 2.24. The van der Waals surface area contributed by atoms with Crippen LogP contribution in [-0.2, 0) is 16.0 Å². The molecule has 1 unspecified atom stereocenters. The Balaban J connectivity index is 1.71. The van der Waals surface area contributed by atoms with Gasteiger partial charge in [-0.2, -0.15) is 0 Å². The molecule has 5 nitrogen and oxygen atoms in total. The minimum Gasteiger partial charge on any atom is -0.480 e. The average Bonchev–Trinajstić information content (AvgIpc) is 3.02. The largest absolute Gasteiger partial charge is 0.480 e. The van der Waals surface area contributed by atoms with Gasteiger partial charge in [0.15, 0.2) is 0 Å². The molecule has 0 radical (unpaired) electrons. The SMILES string of the molecule is O=C(O)C1CCCN1C(=O)CCc1ccnc2ccccc12. The summed E-state index contributed by atoms with van der Waals surface area (Å²) in [7, 11) is 0. The Labute approximate surface area is 128 Å². The van der Waals surface area contributed by atoms with Crippen LogP contribution in [0.3, 0.4) is 0 Å². The molecule has 1 aromatic carbocycles. The second-order valence-electron chi connectivity index (χ2n) is 5.57. The van der Waals surface area contributed by atoms with Crippen molar-refractivity contribution in [2.45, 2.75) is 31.7 Å². The molecule has 1 atom stereocenters. The number of fused-ring (bicyclic) bond motifs is 1. The van der Waals surface area contributed by atoms with Crippen molar-refractivity contribution in [2.24, 2.45) is 0 Å². The zero-order valence-corrected chi connectivity index (χ0v) is 12.2. The van der Waals surface area contributed by atoms with E-state index in [1.807, 2.05) is 30.3 Å². The summed E-state index contributed by atoms with van der Waals surface area (Å²) in [5.74, 6) is -0.981. The third-order valence-electron chi connectivity index (χ3n) is 4.21. The quantitative estimate of drug-likeness (QED) is 0.939. The summed E-state index contributed by atoms with van der Waals surface area (Å²) < 4.78 is 0. The van der Waals surface area contributed by atoms with E-state index in [1.165, 1.54) is 4.90 Å². The Hall–Kier alpha value is -2.43. The van der Waals surface area contributed by atoms with E-state index in [-0.39, 0.29) is 5.91 Å². The van der Waals surface area contributed by atoms with Gasteiger partial charge in [-0.05, 0) is 37.0 Å². The zero-order valence-electron chi connectivity index (χ0n) is 12.2. The van der Waals surface area contributed by atoms with Gasteiger partial charge in [0, 0.05) is 24.5 Å². The number of pyridine rings is 1. The van der Waals surface area contributed by atoms with Crippen molar-refractivity contribution in [3.63, 3.8) is 0 Å². The van der Waals surface area contributed by atoms with Crippen molar-refractivity contribution in [1.29, 1.82) is 0 Å². The van der Waals surface area contributed by atoms with Crippen LogP contribution in [0.1, 0.15) is 24.8 Å². The standard InChI is InChI=1S/C17H18N2O3/c20-16(19-11-3-6-15(19)17(21)22)8-7-12-9-10-18-14-5-2-1-4-13(12)14/h1-2,4-5,9-10,15H,3,6-8,11H2,(H,21,22). The van der Waals surface area contributed by atoms with Gasteiger partial charge in [0.2, 0.25) is 5.91 Å². The highest BCUT2D eigenvalue weighted by molar-refractivity contribution is 5.86. The first-order chi connectivity index (χ1) is 10.7. The molecule has 2 heterocycles. The van der Waals surface area contributed by atoms with E-state index < -0.39 is 12.0 Å². The number of hydrogen-bond acceptors (Lipinski definition) is 3. The van der Waals surface area contributed by atoms with E-state index in [9.17, 15) is 9.59 Å². The van der Waals surface area contributed by atoms with Crippen molar-refractivity contribution in [3.8, 4) is 0 Å². The van der Waals surface area contributed by atoms with Gasteiger partial charge in [-0.25, -0.2) is 4.79 Å². The molecular formula is C17H18N2O3. The normalized spacial score (nSPS) is 17.8. The summed E-state index contributed by atoms with van der Waals surface area (Å²) in [5, 5.41) is 10.2. The third kappa shape index (κ3) is 2.79. The van der Waals surface area contributed by atoms with E-state index in [4.69, 9.17) is 5.11 Å². The molecule has 22 heavy (non-hydrogen) atoms. The fourth-order valence-electron chi connectivity index (χ4n) is 3.08. The molecule has 0 spiro atoms. The number of nitrogens with zero attached hydrogens (tertiary/aromatic N) is 2. The lowest BCUT2D eigenvalue weighted by molar-refractivity contribution is -0.148. The van der Waals surface area contributed by atoms with Crippen molar-refractivity contribution in [2.75, 3.05) is 6.54 Å². The van der Waals surface area contributed by atoms with Gasteiger partial charge in [0.05, 0.1) is 5.52 Å². The maximum absolute atomic E-state index is 12.3. The van der Waals surface area contributed by atoms with Gasteiger partial charge in [-0.15, -0.1) is 0 Å². The number of aryl methyl sites for hydroxylation is 1. The lowest BCUT2D eigenvalue weighted by Crippen LogP contribution is -2.40. The summed E-state index contributed by atoms with van der Waals surface area (Å²) in [6.07, 6.45) is 4.00. The van der Waals surface area contributed by atoms with Crippen LogP contribution in [-0.4, -0.2) is 39.5 Å². The fourth-order valence-corrected chi connectivity index (χ4v) is 3.08. The first kappa shape index (κ1) is 14.5. The molecule has 1 aliphatic rings. The molecule has 1 aromatic heterocycles. The van der Waals surface area contributed by atoms with Crippen LogP contribution in [0.25, 0.3) is 10.9 Å². The predicted molar refractivity (Wildman–Crippen MR) is 82.4 cm³/mol. The number of carboxylic acid groups (broad SMARTS) is 1. The number of likely N-dealkylation sites (tertiary alicyclic amines) is 1. The lowest BCUT2D eigenvalue weighted by atomic mass is 10.0. The fraction of sp³-hybridized carbons (Fsp3) is 0.353. The van der Waals surface area contributed by atoms with Crippen molar-refractivity contribution in [3.05, 3.63) is 42.1 Å². The van der Waals surface area contributed by atoms with E-state index in [2.05, 4.69) is 4.98 Å². The Morgan fingerprint density at radius 2 is 2.09 bits per heavy atom. The Bertz CT molecular complexity index is 709. The third-order valence-corrected chi connectivity index (χ3v) is 4.21. The highest BCUT2D eigenvalue weighted by Crippen LogP contribution is 2.21. The molecule has 1 N–H and O–H groups in total. The van der Waals surface area contributed by atoms with E-state index >= 15 is 0 Å². The summed E-state index contributed by atoms with van der Waals surface area (Å²) in [6, 6.07) is 9.11. The summed E-state index contributed by atoms with van der Waals surface area (Å²) in [6.45, 7) is 0.549. The molecule has 1 aliphatic heterocycles. The minimum absolute atomic E-state index is 0.0780. The lowest BCUT2D eigenvalue weighted by Gasteiger charge is -2.21. The Morgan fingerprint density at radius 1 is 1.27 bits per heavy atom. The van der Waals surface area contributed by atoms with E-state index in [0.717, 1.165) is 22.9 Å². The Morgan fingerprint density at radius 3 is 2.91 bits per heavy atom. The first-order valence-corrected chi connectivity index (χ1v) is 7.52. The summed E-state index contributed by atoms with van der Waals surface area (Å²) in [5.41, 5.74) is 1.99. The highest BCUT2D eigenvalue weighted by atomic mass is 16.4. The van der Waals surface area contributed by atoms with Crippen molar-refractivity contribution < 1.29 is 14.7 Å².